The van der Waals surface area contributed by atoms with Crippen molar-refractivity contribution in [1.29, 1.82) is 0 Å². The molecular weight excluding hydrogens is 229 g/mol. The molecule has 0 aromatic heterocycles. The van der Waals surface area contributed by atoms with Crippen LogP contribution in [0.3, 0.4) is 0 Å². The first-order valence-electron chi connectivity index (χ1n) is 5.07. The van der Waals surface area contributed by atoms with E-state index in [1.165, 1.54) is 16.7 Å². The molecular formula is C12H13Cl2N. The van der Waals surface area contributed by atoms with Gasteiger partial charge in [-0.25, -0.2) is 0 Å². The summed E-state index contributed by atoms with van der Waals surface area (Å²) in [7, 11) is 0. The van der Waals surface area contributed by atoms with Gasteiger partial charge in [-0.05, 0) is 24.0 Å². The summed E-state index contributed by atoms with van der Waals surface area (Å²) in [6.45, 7) is 0.643. The highest BCUT2D eigenvalue weighted by molar-refractivity contribution is 6.36. The Hall–Kier alpha value is -0.500. The van der Waals surface area contributed by atoms with Gasteiger partial charge in [0, 0.05) is 23.2 Å². The summed E-state index contributed by atoms with van der Waals surface area (Å²) in [6, 6.07) is 8.96. The van der Waals surface area contributed by atoms with E-state index in [2.05, 4.69) is 29.6 Å². The fourth-order valence-electron chi connectivity index (χ4n) is 2.03. The first kappa shape index (κ1) is 11.0. The number of hydrogen-bond donors (Lipinski definition) is 1. The van der Waals surface area contributed by atoms with Crippen LogP contribution in [0.4, 0.5) is 0 Å². The minimum Gasteiger partial charge on any atom is -0.305 e. The molecule has 1 unspecified atom stereocenters. The highest BCUT2D eigenvalue weighted by Crippen LogP contribution is 2.30. The molecule has 1 aromatic carbocycles. The molecule has 0 fully saturated rings. The molecule has 0 bridgehead atoms. The SMILES string of the molecule is ClC=C(Cl)CNC1CCc2ccccc21. The zero-order valence-electron chi connectivity index (χ0n) is 8.34. The lowest BCUT2D eigenvalue weighted by atomic mass is 10.1. The number of rotatable bonds is 3. The lowest BCUT2D eigenvalue weighted by Gasteiger charge is -2.13. The third-order valence-corrected chi connectivity index (χ3v) is 3.39. The molecule has 0 spiro atoms. The topological polar surface area (TPSA) is 12.0 Å². The van der Waals surface area contributed by atoms with Gasteiger partial charge in [0.1, 0.15) is 0 Å². The molecule has 0 heterocycles. The molecule has 1 atom stereocenters. The largest absolute Gasteiger partial charge is 0.305 e. The molecule has 1 aliphatic rings. The van der Waals surface area contributed by atoms with E-state index in [4.69, 9.17) is 23.2 Å². The molecule has 1 nitrogen and oxygen atoms in total. The van der Waals surface area contributed by atoms with E-state index in [9.17, 15) is 0 Å². The van der Waals surface area contributed by atoms with Crippen LogP contribution in [-0.2, 0) is 6.42 Å². The van der Waals surface area contributed by atoms with Crippen LogP contribution in [0.15, 0.2) is 34.8 Å². The molecule has 0 saturated carbocycles. The average Bonchev–Trinajstić information content (AvgIpc) is 2.69. The highest BCUT2D eigenvalue weighted by Gasteiger charge is 2.20. The Labute approximate surface area is 100 Å². The molecule has 1 aliphatic carbocycles. The van der Waals surface area contributed by atoms with Gasteiger partial charge in [0.2, 0.25) is 0 Å². The summed E-state index contributed by atoms with van der Waals surface area (Å²) >= 11 is 11.3. The van der Waals surface area contributed by atoms with Crippen LogP contribution < -0.4 is 5.32 Å². The van der Waals surface area contributed by atoms with E-state index >= 15 is 0 Å². The fourth-order valence-corrected chi connectivity index (χ4v) is 2.18. The smallest absolute Gasteiger partial charge is 0.0432 e. The van der Waals surface area contributed by atoms with Gasteiger partial charge in [0.15, 0.2) is 0 Å². The Balaban J connectivity index is 2.02. The molecule has 0 aliphatic heterocycles. The van der Waals surface area contributed by atoms with Gasteiger partial charge in [0.25, 0.3) is 0 Å². The maximum absolute atomic E-state index is 5.84. The maximum atomic E-state index is 5.84. The van der Waals surface area contributed by atoms with Crippen LogP contribution >= 0.6 is 23.2 Å². The van der Waals surface area contributed by atoms with Crippen LogP contribution in [0, 0.1) is 0 Å². The Bertz CT molecular complexity index is 374. The number of aryl methyl sites for hydroxylation is 1. The number of fused-ring (bicyclic) bond motifs is 1. The number of hydrogen-bond acceptors (Lipinski definition) is 1. The maximum Gasteiger partial charge on any atom is 0.0432 e. The molecule has 0 radical (unpaired) electrons. The van der Waals surface area contributed by atoms with Crippen molar-refractivity contribution >= 4 is 23.2 Å². The summed E-state index contributed by atoms with van der Waals surface area (Å²) in [5.41, 5.74) is 4.26. The quantitative estimate of drug-likeness (QED) is 0.854. The van der Waals surface area contributed by atoms with Crippen LogP contribution in [0.2, 0.25) is 0 Å². The standard InChI is InChI=1S/C12H13Cl2N/c13-7-10(14)8-15-12-6-5-9-3-1-2-4-11(9)12/h1-4,7,12,15H,5-6,8H2. The molecule has 0 saturated heterocycles. The first-order chi connectivity index (χ1) is 7.31. The minimum absolute atomic E-state index is 0.423. The summed E-state index contributed by atoms with van der Waals surface area (Å²) in [4.78, 5) is 0. The summed E-state index contributed by atoms with van der Waals surface area (Å²) in [5, 5.41) is 4.06. The van der Waals surface area contributed by atoms with Crippen molar-refractivity contribution in [3.05, 3.63) is 46.0 Å². The van der Waals surface area contributed by atoms with E-state index in [1.807, 2.05) is 0 Å². The van der Waals surface area contributed by atoms with Crippen molar-refractivity contribution in [2.45, 2.75) is 18.9 Å². The third-order valence-electron chi connectivity index (χ3n) is 2.77. The second-order valence-electron chi connectivity index (χ2n) is 3.73. The van der Waals surface area contributed by atoms with Crippen LogP contribution in [0.25, 0.3) is 0 Å². The Kier molecular flexibility index (Phi) is 3.68. The average molecular weight is 242 g/mol. The third kappa shape index (κ3) is 2.54. The van der Waals surface area contributed by atoms with Gasteiger partial charge in [-0.15, -0.1) is 0 Å². The van der Waals surface area contributed by atoms with E-state index in [0.717, 1.165) is 12.8 Å². The van der Waals surface area contributed by atoms with E-state index in [0.29, 0.717) is 17.6 Å². The second-order valence-corrected chi connectivity index (χ2v) is 4.43. The molecule has 1 aromatic rings. The molecule has 1 N–H and O–H groups in total. The highest BCUT2D eigenvalue weighted by atomic mass is 35.5. The normalized spacial score (nSPS) is 20.4. The summed E-state index contributed by atoms with van der Waals surface area (Å²) < 4.78 is 0. The van der Waals surface area contributed by atoms with E-state index in [1.54, 1.807) is 0 Å². The lowest BCUT2D eigenvalue weighted by molar-refractivity contribution is 0.561. The number of halogens is 2. The predicted molar refractivity (Wildman–Crippen MR) is 65.3 cm³/mol. The second kappa shape index (κ2) is 5.02. The van der Waals surface area contributed by atoms with Gasteiger partial charge < -0.3 is 5.32 Å². The molecule has 3 heteroatoms. The molecule has 80 valence electrons. The summed E-state index contributed by atoms with van der Waals surface area (Å²) in [5.74, 6) is 0. The van der Waals surface area contributed by atoms with Crippen LogP contribution in [0.1, 0.15) is 23.6 Å². The van der Waals surface area contributed by atoms with Crippen LogP contribution in [0.5, 0.6) is 0 Å². The lowest BCUT2D eigenvalue weighted by Crippen LogP contribution is -2.20. The zero-order chi connectivity index (χ0) is 10.7. The predicted octanol–water partition coefficient (Wildman–Crippen LogP) is 3.58. The molecule has 2 rings (SSSR count). The monoisotopic (exact) mass is 241 g/mol. The van der Waals surface area contributed by atoms with Crippen molar-refractivity contribution in [1.82, 2.24) is 5.32 Å². The molecule has 0 amide bonds. The Morgan fingerprint density at radius 2 is 2.27 bits per heavy atom. The Morgan fingerprint density at radius 1 is 1.47 bits per heavy atom. The van der Waals surface area contributed by atoms with Gasteiger partial charge in [-0.1, -0.05) is 47.5 Å². The molecule has 15 heavy (non-hydrogen) atoms. The zero-order valence-corrected chi connectivity index (χ0v) is 9.85. The van der Waals surface area contributed by atoms with Crippen molar-refractivity contribution in [3.63, 3.8) is 0 Å². The first-order valence-corrected chi connectivity index (χ1v) is 5.88. The van der Waals surface area contributed by atoms with Gasteiger partial charge in [-0.2, -0.15) is 0 Å². The van der Waals surface area contributed by atoms with Crippen molar-refractivity contribution < 1.29 is 0 Å². The summed E-state index contributed by atoms with van der Waals surface area (Å²) in [6.07, 6.45) is 2.29. The van der Waals surface area contributed by atoms with Gasteiger partial charge in [-0.3, -0.25) is 0 Å². The van der Waals surface area contributed by atoms with Crippen LogP contribution in [-0.4, -0.2) is 6.54 Å². The van der Waals surface area contributed by atoms with E-state index < -0.39 is 0 Å². The van der Waals surface area contributed by atoms with E-state index in [-0.39, 0.29) is 0 Å². The number of benzene rings is 1. The van der Waals surface area contributed by atoms with Crippen molar-refractivity contribution in [2.75, 3.05) is 6.54 Å². The fraction of sp³-hybridized carbons (Fsp3) is 0.333. The number of nitrogens with one attached hydrogen (secondary N) is 1. The minimum atomic E-state index is 0.423. The Morgan fingerprint density at radius 3 is 3.07 bits per heavy atom. The van der Waals surface area contributed by atoms with Gasteiger partial charge in [0.05, 0.1) is 0 Å². The van der Waals surface area contributed by atoms with Crippen molar-refractivity contribution in [3.8, 4) is 0 Å². The van der Waals surface area contributed by atoms with Crippen molar-refractivity contribution in [2.24, 2.45) is 0 Å². The van der Waals surface area contributed by atoms with Gasteiger partial charge >= 0.3 is 0 Å².